The van der Waals surface area contributed by atoms with E-state index in [9.17, 15) is 5.11 Å². The normalized spacial score (nSPS) is 22.8. The molecule has 2 atom stereocenters. The molecule has 1 aliphatic heterocycles. The van der Waals surface area contributed by atoms with Gasteiger partial charge in [0, 0.05) is 18.0 Å². The number of halogens is 1. The van der Waals surface area contributed by atoms with E-state index < -0.39 is 0 Å². The highest BCUT2D eigenvalue weighted by Crippen LogP contribution is 2.22. The summed E-state index contributed by atoms with van der Waals surface area (Å²) in [7, 11) is 0. The van der Waals surface area contributed by atoms with E-state index in [2.05, 4.69) is 15.5 Å². The zero-order chi connectivity index (χ0) is 13.2. The summed E-state index contributed by atoms with van der Waals surface area (Å²) in [5.74, 6) is 1.18. The molecule has 0 radical (unpaired) electrons. The van der Waals surface area contributed by atoms with Gasteiger partial charge < -0.3 is 14.9 Å². The molecule has 3 rings (SSSR count). The molecule has 1 aromatic carbocycles. The van der Waals surface area contributed by atoms with Gasteiger partial charge in [0.25, 0.3) is 0 Å². The topological polar surface area (TPSA) is 71.2 Å². The number of β-amino-alcohol motifs (C(OH)–C–C–N with tert-alkyl or cyclic N) is 1. The first kappa shape index (κ1) is 12.6. The Hall–Kier alpha value is -1.43. The number of rotatable bonds is 3. The summed E-state index contributed by atoms with van der Waals surface area (Å²) in [5.41, 5.74) is 1.08. The fraction of sp³-hybridized carbons (Fsp3) is 0.385. The Morgan fingerprint density at radius 2 is 2.16 bits per heavy atom. The number of nitrogens with one attached hydrogen (secondary N) is 1. The van der Waals surface area contributed by atoms with Crippen molar-refractivity contribution in [3.63, 3.8) is 0 Å². The second-order valence-corrected chi connectivity index (χ2v) is 5.14. The third-order valence-corrected chi connectivity index (χ3v) is 3.42. The van der Waals surface area contributed by atoms with Gasteiger partial charge >= 0.3 is 0 Å². The number of aliphatic hydroxyl groups excluding tert-OH is 1. The van der Waals surface area contributed by atoms with Crippen molar-refractivity contribution in [2.24, 2.45) is 0 Å². The first-order valence-corrected chi connectivity index (χ1v) is 6.57. The number of nitrogens with zero attached hydrogens (tertiary/aromatic N) is 2. The first-order chi connectivity index (χ1) is 9.20. The molecular weight excluding hydrogens is 266 g/mol. The molecule has 5 nitrogen and oxygen atoms in total. The van der Waals surface area contributed by atoms with Crippen molar-refractivity contribution in [1.82, 2.24) is 15.5 Å². The SMILES string of the molecule is O[C@@H]1CN[C@H](c2nc(Cc3ccc(Cl)cc3)no2)C1. The summed E-state index contributed by atoms with van der Waals surface area (Å²) < 4.78 is 5.23. The molecule has 0 amide bonds. The molecule has 1 aliphatic rings. The Balaban J connectivity index is 1.69. The van der Waals surface area contributed by atoms with E-state index in [-0.39, 0.29) is 12.1 Å². The van der Waals surface area contributed by atoms with E-state index in [1.165, 1.54) is 0 Å². The van der Waals surface area contributed by atoms with E-state index in [1.54, 1.807) is 0 Å². The Kier molecular flexibility index (Phi) is 3.50. The third-order valence-electron chi connectivity index (χ3n) is 3.17. The summed E-state index contributed by atoms with van der Waals surface area (Å²) in [6.45, 7) is 0.569. The van der Waals surface area contributed by atoms with Gasteiger partial charge in [0.2, 0.25) is 5.89 Å². The van der Waals surface area contributed by atoms with Crippen LogP contribution in [0.3, 0.4) is 0 Å². The van der Waals surface area contributed by atoms with Gasteiger partial charge in [0.05, 0.1) is 12.1 Å². The molecule has 1 aromatic heterocycles. The van der Waals surface area contributed by atoms with Crippen LogP contribution in [-0.2, 0) is 6.42 Å². The van der Waals surface area contributed by atoms with Crippen LogP contribution in [0.25, 0.3) is 0 Å². The van der Waals surface area contributed by atoms with Crippen LogP contribution in [0.4, 0.5) is 0 Å². The van der Waals surface area contributed by atoms with Gasteiger partial charge in [0.15, 0.2) is 5.82 Å². The quantitative estimate of drug-likeness (QED) is 0.895. The lowest BCUT2D eigenvalue weighted by Gasteiger charge is -2.01. The van der Waals surface area contributed by atoms with Gasteiger partial charge in [-0.05, 0) is 24.1 Å². The van der Waals surface area contributed by atoms with Gasteiger partial charge in [-0.15, -0.1) is 0 Å². The highest BCUT2D eigenvalue weighted by molar-refractivity contribution is 6.30. The van der Waals surface area contributed by atoms with Crippen LogP contribution in [0.2, 0.25) is 5.02 Å². The van der Waals surface area contributed by atoms with Crippen LogP contribution in [-0.4, -0.2) is 27.9 Å². The minimum Gasteiger partial charge on any atom is -0.392 e. The fourth-order valence-electron chi connectivity index (χ4n) is 2.17. The van der Waals surface area contributed by atoms with Crippen molar-refractivity contribution < 1.29 is 9.63 Å². The largest absolute Gasteiger partial charge is 0.392 e. The summed E-state index contributed by atoms with van der Waals surface area (Å²) in [6.07, 6.45) is 0.884. The number of aromatic nitrogens is 2. The molecule has 19 heavy (non-hydrogen) atoms. The van der Waals surface area contributed by atoms with E-state index in [0.29, 0.717) is 36.1 Å². The molecule has 0 spiro atoms. The lowest BCUT2D eigenvalue weighted by atomic mass is 10.1. The van der Waals surface area contributed by atoms with E-state index in [0.717, 1.165) is 5.56 Å². The third kappa shape index (κ3) is 2.94. The monoisotopic (exact) mass is 279 g/mol. The summed E-state index contributed by atoms with van der Waals surface area (Å²) in [4.78, 5) is 4.36. The van der Waals surface area contributed by atoms with Crippen molar-refractivity contribution in [2.75, 3.05) is 6.54 Å². The van der Waals surface area contributed by atoms with E-state index in [1.807, 2.05) is 24.3 Å². The summed E-state index contributed by atoms with van der Waals surface area (Å²) in [5, 5.41) is 17.3. The Labute approximate surface area is 115 Å². The second kappa shape index (κ2) is 5.28. The van der Waals surface area contributed by atoms with Crippen molar-refractivity contribution >= 4 is 11.6 Å². The van der Waals surface area contributed by atoms with Gasteiger partial charge in [0.1, 0.15) is 0 Å². The molecule has 0 saturated carbocycles. The fourth-order valence-corrected chi connectivity index (χ4v) is 2.30. The summed E-state index contributed by atoms with van der Waals surface area (Å²) in [6, 6.07) is 7.52. The highest BCUT2D eigenvalue weighted by atomic mass is 35.5. The molecule has 6 heteroatoms. The van der Waals surface area contributed by atoms with E-state index in [4.69, 9.17) is 16.1 Å². The molecule has 2 aromatic rings. The molecule has 1 saturated heterocycles. The van der Waals surface area contributed by atoms with Gasteiger partial charge in [-0.3, -0.25) is 0 Å². The minimum atomic E-state index is -0.336. The standard InChI is InChI=1S/C13H14ClN3O2/c14-9-3-1-8(2-4-9)5-12-16-13(19-17-12)11-6-10(18)7-15-11/h1-4,10-11,15,18H,5-7H2/t10-,11-/m0/s1. The number of hydrogen-bond donors (Lipinski definition) is 2. The van der Waals surface area contributed by atoms with Gasteiger partial charge in [-0.1, -0.05) is 28.9 Å². The Morgan fingerprint density at radius 1 is 1.37 bits per heavy atom. The second-order valence-electron chi connectivity index (χ2n) is 4.70. The van der Waals surface area contributed by atoms with Gasteiger partial charge in [-0.2, -0.15) is 4.98 Å². The number of hydrogen-bond acceptors (Lipinski definition) is 5. The van der Waals surface area contributed by atoms with Crippen LogP contribution >= 0.6 is 11.6 Å². The molecule has 1 fully saturated rings. The lowest BCUT2D eigenvalue weighted by Crippen LogP contribution is -2.15. The van der Waals surface area contributed by atoms with Gasteiger partial charge in [-0.25, -0.2) is 0 Å². The van der Waals surface area contributed by atoms with Crippen LogP contribution in [0.1, 0.15) is 29.7 Å². The molecule has 2 heterocycles. The smallest absolute Gasteiger partial charge is 0.243 e. The average molecular weight is 280 g/mol. The van der Waals surface area contributed by atoms with Crippen molar-refractivity contribution in [3.8, 4) is 0 Å². The maximum absolute atomic E-state index is 9.46. The number of benzene rings is 1. The first-order valence-electron chi connectivity index (χ1n) is 6.19. The molecule has 2 N–H and O–H groups in total. The summed E-state index contributed by atoms with van der Waals surface area (Å²) >= 11 is 5.84. The molecule has 0 aliphatic carbocycles. The average Bonchev–Trinajstić information content (AvgIpc) is 3.01. The molecule has 0 unspecified atom stereocenters. The van der Waals surface area contributed by atoms with Crippen molar-refractivity contribution in [2.45, 2.75) is 25.0 Å². The molecule has 0 bridgehead atoms. The Morgan fingerprint density at radius 3 is 2.84 bits per heavy atom. The zero-order valence-corrected chi connectivity index (χ0v) is 11.0. The van der Waals surface area contributed by atoms with E-state index >= 15 is 0 Å². The van der Waals surface area contributed by atoms with Crippen LogP contribution in [0.5, 0.6) is 0 Å². The zero-order valence-electron chi connectivity index (χ0n) is 10.2. The molecule has 100 valence electrons. The minimum absolute atomic E-state index is 0.0403. The van der Waals surface area contributed by atoms with Crippen LogP contribution < -0.4 is 5.32 Å². The maximum atomic E-state index is 9.46. The maximum Gasteiger partial charge on any atom is 0.243 e. The molecular formula is C13H14ClN3O2. The lowest BCUT2D eigenvalue weighted by molar-refractivity contribution is 0.191. The van der Waals surface area contributed by atoms with Crippen molar-refractivity contribution in [3.05, 3.63) is 46.6 Å². The predicted octanol–water partition coefficient (Wildman–Crippen LogP) is 1.71. The van der Waals surface area contributed by atoms with Crippen LogP contribution in [0, 0.1) is 0 Å². The Bertz CT molecular complexity index is 555. The predicted molar refractivity (Wildman–Crippen MR) is 69.9 cm³/mol. The van der Waals surface area contributed by atoms with Crippen LogP contribution in [0.15, 0.2) is 28.8 Å². The number of aliphatic hydroxyl groups is 1. The highest BCUT2D eigenvalue weighted by Gasteiger charge is 2.27. The van der Waals surface area contributed by atoms with Crippen molar-refractivity contribution in [1.29, 1.82) is 0 Å².